The second-order valence-corrected chi connectivity index (χ2v) is 8.43. The van der Waals surface area contributed by atoms with Gasteiger partial charge in [0.25, 0.3) is 11.8 Å². The van der Waals surface area contributed by atoms with Crippen molar-refractivity contribution in [1.82, 2.24) is 10.3 Å². The lowest BCUT2D eigenvalue weighted by Crippen LogP contribution is -2.56. The average Bonchev–Trinajstić information content (AvgIpc) is 3.36. The van der Waals surface area contributed by atoms with Crippen LogP contribution in [0.3, 0.4) is 0 Å². The first-order valence-electron chi connectivity index (χ1n) is 11.2. The van der Waals surface area contributed by atoms with Gasteiger partial charge in [0.15, 0.2) is 5.60 Å². The maximum Gasteiger partial charge on any atom is 0.280 e. The maximum atomic E-state index is 13.7. The molecule has 33 heavy (non-hydrogen) atoms. The highest BCUT2D eigenvalue weighted by molar-refractivity contribution is 6.00. The molecule has 0 atom stereocenters. The minimum absolute atomic E-state index is 0.198. The summed E-state index contributed by atoms with van der Waals surface area (Å²) in [6, 6.07) is 24.9. The van der Waals surface area contributed by atoms with Crippen molar-refractivity contribution in [3.05, 3.63) is 102 Å². The van der Waals surface area contributed by atoms with Crippen LogP contribution in [-0.2, 0) is 15.2 Å². The molecule has 0 saturated carbocycles. The van der Waals surface area contributed by atoms with E-state index in [0.29, 0.717) is 16.8 Å². The maximum absolute atomic E-state index is 13.7. The number of carbonyl (C=O) groups is 2. The van der Waals surface area contributed by atoms with Crippen LogP contribution in [0.1, 0.15) is 29.5 Å². The Morgan fingerprint density at radius 2 is 1.39 bits per heavy atom. The van der Waals surface area contributed by atoms with Crippen molar-refractivity contribution < 1.29 is 14.7 Å². The van der Waals surface area contributed by atoms with Crippen LogP contribution in [0.2, 0.25) is 0 Å². The Bertz CT molecular complexity index is 1040. The number of hydrogen-bond acceptors (Lipinski definition) is 4. The number of anilines is 1. The first-order valence-corrected chi connectivity index (χ1v) is 11.2. The number of likely N-dealkylation sites (tertiary alicyclic amines) is 1. The highest BCUT2D eigenvalue weighted by Gasteiger charge is 2.41. The van der Waals surface area contributed by atoms with E-state index in [1.54, 1.807) is 60.7 Å². The SMILES string of the molecule is Cc1ccc(N(NC(=O)C(O)(c2ccccc2)c2ccccc2)C(=O)CN2CCCC2)cc1. The summed E-state index contributed by atoms with van der Waals surface area (Å²) in [6.07, 6.45) is 2.12. The first kappa shape index (κ1) is 22.7. The number of nitrogens with one attached hydrogen (secondary N) is 1. The molecule has 3 aromatic rings. The second-order valence-electron chi connectivity index (χ2n) is 8.43. The van der Waals surface area contributed by atoms with Crippen LogP contribution in [0, 0.1) is 6.92 Å². The Labute approximate surface area is 194 Å². The summed E-state index contributed by atoms with van der Waals surface area (Å²) >= 11 is 0. The van der Waals surface area contributed by atoms with E-state index in [4.69, 9.17) is 0 Å². The summed E-state index contributed by atoms with van der Waals surface area (Å²) in [6.45, 7) is 3.88. The number of carbonyl (C=O) groups excluding carboxylic acids is 2. The molecule has 1 fully saturated rings. The molecule has 3 aromatic carbocycles. The number of benzene rings is 3. The number of nitrogens with zero attached hydrogens (tertiary/aromatic N) is 2. The molecule has 0 bridgehead atoms. The van der Waals surface area contributed by atoms with Crippen LogP contribution in [-0.4, -0.2) is 41.5 Å². The van der Waals surface area contributed by atoms with Gasteiger partial charge in [-0.3, -0.25) is 19.9 Å². The molecular formula is C27H29N3O3. The lowest BCUT2D eigenvalue weighted by atomic mass is 9.85. The number of hydrogen-bond donors (Lipinski definition) is 2. The summed E-state index contributed by atoms with van der Waals surface area (Å²) in [7, 11) is 0. The Kier molecular flexibility index (Phi) is 6.87. The van der Waals surface area contributed by atoms with Gasteiger partial charge in [-0.15, -0.1) is 0 Å². The second kappa shape index (κ2) is 9.98. The lowest BCUT2D eigenvalue weighted by Gasteiger charge is -2.32. The Morgan fingerprint density at radius 3 is 1.91 bits per heavy atom. The van der Waals surface area contributed by atoms with Gasteiger partial charge in [-0.2, -0.15) is 0 Å². The van der Waals surface area contributed by atoms with Gasteiger partial charge in [0.2, 0.25) is 0 Å². The van der Waals surface area contributed by atoms with Gasteiger partial charge in [-0.1, -0.05) is 78.4 Å². The van der Waals surface area contributed by atoms with Crippen molar-refractivity contribution in [1.29, 1.82) is 0 Å². The van der Waals surface area contributed by atoms with Crippen LogP contribution in [0.15, 0.2) is 84.9 Å². The van der Waals surface area contributed by atoms with Crippen LogP contribution >= 0.6 is 0 Å². The van der Waals surface area contributed by atoms with Crippen molar-refractivity contribution in [2.75, 3.05) is 24.6 Å². The molecule has 6 nitrogen and oxygen atoms in total. The van der Waals surface area contributed by atoms with E-state index in [9.17, 15) is 14.7 Å². The Hall–Kier alpha value is -3.48. The normalized spacial score (nSPS) is 14.1. The van der Waals surface area contributed by atoms with Gasteiger partial charge in [0.05, 0.1) is 12.2 Å². The molecule has 0 aliphatic carbocycles. The van der Waals surface area contributed by atoms with E-state index in [1.165, 1.54) is 5.01 Å². The first-order chi connectivity index (χ1) is 16.0. The Morgan fingerprint density at radius 1 is 0.879 bits per heavy atom. The van der Waals surface area contributed by atoms with E-state index in [2.05, 4.69) is 10.3 Å². The van der Waals surface area contributed by atoms with Crippen molar-refractivity contribution in [2.24, 2.45) is 0 Å². The minimum Gasteiger partial charge on any atom is -0.372 e. The molecule has 2 amide bonds. The van der Waals surface area contributed by atoms with Crippen LogP contribution < -0.4 is 10.4 Å². The zero-order valence-electron chi connectivity index (χ0n) is 18.8. The topological polar surface area (TPSA) is 72.9 Å². The number of amides is 2. The lowest BCUT2D eigenvalue weighted by molar-refractivity contribution is -0.138. The fraction of sp³-hybridized carbons (Fsp3) is 0.259. The number of hydrazine groups is 1. The molecule has 1 aliphatic rings. The van der Waals surface area contributed by atoms with E-state index in [0.717, 1.165) is 31.5 Å². The molecule has 0 unspecified atom stereocenters. The average molecular weight is 444 g/mol. The van der Waals surface area contributed by atoms with Crippen molar-refractivity contribution in [3.63, 3.8) is 0 Å². The van der Waals surface area contributed by atoms with Crippen molar-refractivity contribution in [3.8, 4) is 0 Å². The molecule has 2 N–H and O–H groups in total. The van der Waals surface area contributed by atoms with Gasteiger partial charge in [-0.05, 0) is 56.1 Å². The fourth-order valence-corrected chi connectivity index (χ4v) is 4.14. The zero-order valence-corrected chi connectivity index (χ0v) is 18.8. The van der Waals surface area contributed by atoms with Crippen LogP contribution in [0.4, 0.5) is 5.69 Å². The van der Waals surface area contributed by atoms with E-state index in [1.807, 2.05) is 31.2 Å². The van der Waals surface area contributed by atoms with E-state index in [-0.39, 0.29) is 12.5 Å². The van der Waals surface area contributed by atoms with Crippen molar-refractivity contribution in [2.45, 2.75) is 25.4 Å². The Balaban J connectivity index is 1.69. The van der Waals surface area contributed by atoms with Crippen LogP contribution in [0.5, 0.6) is 0 Å². The quantitative estimate of drug-likeness (QED) is 0.573. The summed E-state index contributed by atoms with van der Waals surface area (Å²) in [4.78, 5) is 29.1. The van der Waals surface area contributed by atoms with Gasteiger partial charge in [-0.25, -0.2) is 5.01 Å². The van der Waals surface area contributed by atoms with E-state index < -0.39 is 11.5 Å². The minimum atomic E-state index is -1.97. The molecule has 170 valence electrons. The molecule has 0 spiro atoms. The molecule has 6 heteroatoms. The fourth-order valence-electron chi connectivity index (χ4n) is 4.14. The standard InChI is InChI=1S/C27H29N3O3/c1-21-14-16-24(17-15-21)30(25(31)20-29-18-8-9-19-29)28-26(32)27(33,22-10-4-2-5-11-22)23-12-6-3-7-13-23/h2-7,10-17,33H,8-9,18-20H2,1H3,(H,28,32). The van der Waals surface area contributed by atoms with Gasteiger partial charge in [0.1, 0.15) is 0 Å². The van der Waals surface area contributed by atoms with Gasteiger partial charge in [0, 0.05) is 0 Å². The van der Waals surface area contributed by atoms with Gasteiger partial charge < -0.3 is 5.11 Å². The number of rotatable bonds is 6. The third-order valence-corrected chi connectivity index (χ3v) is 6.02. The molecular weight excluding hydrogens is 414 g/mol. The zero-order chi connectivity index (χ0) is 23.3. The van der Waals surface area contributed by atoms with Gasteiger partial charge >= 0.3 is 0 Å². The van der Waals surface area contributed by atoms with E-state index >= 15 is 0 Å². The van der Waals surface area contributed by atoms with Crippen LogP contribution in [0.25, 0.3) is 0 Å². The summed E-state index contributed by atoms with van der Waals surface area (Å²) in [5.74, 6) is -0.951. The highest BCUT2D eigenvalue weighted by Crippen LogP contribution is 2.30. The summed E-state index contributed by atoms with van der Waals surface area (Å²) < 4.78 is 0. The number of aryl methyl sites for hydroxylation is 1. The smallest absolute Gasteiger partial charge is 0.280 e. The highest BCUT2D eigenvalue weighted by atomic mass is 16.3. The summed E-state index contributed by atoms with van der Waals surface area (Å²) in [5.41, 5.74) is 3.19. The molecule has 1 heterocycles. The third-order valence-electron chi connectivity index (χ3n) is 6.02. The molecule has 0 aromatic heterocycles. The number of aliphatic hydroxyl groups is 1. The molecule has 1 saturated heterocycles. The monoisotopic (exact) mass is 443 g/mol. The molecule has 1 aliphatic heterocycles. The molecule has 4 rings (SSSR count). The van der Waals surface area contributed by atoms with Crippen molar-refractivity contribution >= 4 is 17.5 Å². The molecule has 0 radical (unpaired) electrons. The third kappa shape index (κ3) is 4.97. The predicted octanol–water partition coefficient (Wildman–Crippen LogP) is 3.39. The summed E-state index contributed by atoms with van der Waals surface area (Å²) in [5, 5.41) is 13.0. The largest absolute Gasteiger partial charge is 0.372 e. The predicted molar refractivity (Wildman–Crippen MR) is 128 cm³/mol.